The van der Waals surface area contributed by atoms with E-state index in [1.54, 1.807) is 0 Å². The van der Waals surface area contributed by atoms with Gasteiger partial charge in [0.25, 0.3) is 0 Å². The second kappa shape index (κ2) is 14.4. The highest BCUT2D eigenvalue weighted by molar-refractivity contribution is 5.72. The molecule has 0 aromatic heterocycles. The highest BCUT2D eigenvalue weighted by Crippen LogP contribution is 2.32. The fourth-order valence-electron chi connectivity index (χ4n) is 6.40. The van der Waals surface area contributed by atoms with E-state index in [1.807, 2.05) is 0 Å². The van der Waals surface area contributed by atoms with Gasteiger partial charge in [-0.05, 0) is 94.1 Å². The predicted molar refractivity (Wildman–Crippen MR) is 203 cm³/mol. The highest BCUT2D eigenvalue weighted by Gasteiger charge is 2.16. The Hall–Kier alpha value is -4.72. The summed E-state index contributed by atoms with van der Waals surface area (Å²) in [6.07, 6.45) is 0. The zero-order chi connectivity index (χ0) is 32.9. The van der Waals surface area contributed by atoms with Crippen LogP contribution < -0.4 is 0 Å². The van der Waals surface area contributed by atoms with E-state index in [4.69, 9.17) is 0 Å². The van der Waals surface area contributed by atoms with Crippen molar-refractivity contribution >= 4 is 0 Å². The number of benzene rings is 6. The molecule has 1 heteroatoms. The summed E-state index contributed by atoms with van der Waals surface area (Å²) < 4.78 is 0. The third-order valence-corrected chi connectivity index (χ3v) is 9.76. The molecule has 0 saturated heterocycles. The summed E-state index contributed by atoms with van der Waals surface area (Å²) in [6.45, 7) is 9.97. The topological polar surface area (TPSA) is 3.24 Å². The molecule has 6 aromatic carbocycles. The maximum Gasteiger partial charge on any atom is 0.0217 e. The Balaban J connectivity index is 1.16. The molecule has 0 amide bonds. The van der Waals surface area contributed by atoms with Gasteiger partial charge in [0.15, 0.2) is 0 Å². The molecule has 0 spiro atoms. The van der Waals surface area contributed by atoms with E-state index in [-0.39, 0.29) is 0 Å². The van der Waals surface area contributed by atoms with Gasteiger partial charge < -0.3 is 4.90 Å². The number of nitrogens with zero attached hydrogens (tertiary/aromatic N) is 1. The minimum Gasteiger partial charge on any atom is -0.308 e. The van der Waals surface area contributed by atoms with Gasteiger partial charge in [-0.2, -0.15) is 0 Å². The molecular weight excluding hydrogens is 567 g/mol. The molecule has 0 aliphatic rings. The van der Waals surface area contributed by atoms with Crippen LogP contribution in [0, 0.1) is 12.8 Å². The first kappa shape index (κ1) is 32.2. The molecule has 236 valence electrons. The zero-order valence-corrected chi connectivity index (χ0v) is 28.7. The van der Waals surface area contributed by atoms with Crippen molar-refractivity contribution < 1.29 is 0 Å². The van der Waals surface area contributed by atoms with Crippen LogP contribution in [0.1, 0.15) is 54.9 Å². The van der Waals surface area contributed by atoms with Crippen LogP contribution in [0.15, 0.2) is 146 Å². The van der Waals surface area contributed by atoms with Crippen LogP contribution in [-0.2, 0) is 0 Å². The van der Waals surface area contributed by atoms with Crippen molar-refractivity contribution in [2.75, 3.05) is 20.6 Å². The summed E-state index contributed by atoms with van der Waals surface area (Å²) in [5, 5.41) is 0. The third-order valence-electron chi connectivity index (χ3n) is 9.76. The van der Waals surface area contributed by atoms with E-state index in [0.717, 1.165) is 6.54 Å². The Morgan fingerprint density at radius 2 is 0.638 bits per heavy atom. The maximum atomic E-state index is 2.31. The summed E-state index contributed by atoms with van der Waals surface area (Å²) in [5.74, 6) is 1.50. The van der Waals surface area contributed by atoms with E-state index in [0.29, 0.717) is 17.8 Å². The van der Waals surface area contributed by atoms with Gasteiger partial charge in [-0.3, -0.25) is 0 Å². The molecule has 0 saturated carbocycles. The molecule has 0 N–H and O–H groups in total. The molecule has 0 bridgehead atoms. The normalized spacial score (nSPS) is 12.8. The fraction of sp³-hybridized carbons (Fsp3) is 0.217. The van der Waals surface area contributed by atoms with Gasteiger partial charge in [-0.15, -0.1) is 0 Å². The van der Waals surface area contributed by atoms with Gasteiger partial charge in [0.05, 0.1) is 0 Å². The summed E-state index contributed by atoms with van der Waals surface area (Å²) in [6, 6.07) is 54.1. The van der Waals surface area contributed by atoms with Crippen molar-refractivity contribution in [2.45, 2.75) is 39.5 Å². The molecule has 0 radical (unpaired) electrons. The lowest BCUT2D eigenvalue weighted by molar-refractivity contribution is 0.392. The Morgan fingerprint density at radius 1 is 0.383 bits per heavy atom. The first-order chi connectivity index (χ1) is 22.7. The quantitative estimate of drug-likeness (QED) is 0.149. The van der Waals surface area contributed by atoms with Crippen LogP contribution in [0.4, 0.5) is 0 Å². The largest absolute Gasteiger partial charge is 0.308 e. The van der Waals surface area contributed by atoms with Crippen LogP contribution in [0.2, 0.25) is 0 Å². The van der Waals surface area contributed by atoms with E-state index >= 15 is 0 Å². The highest BCUT2D eigenvalue weighted by atomic mass is 15.1. The molecular formula is C46H47N. The van der Waals surface area contributed by atoms with Crippen molar-refractivity contribution in [3.8, 4) is 44.5 Å². The number of likely N-dealkylation sites (N-methyl/N-ethyl adjacent to an activating group) is 1. The van der Waals surface area contributed by atoms with Gasteiger partial charge >= 0.3 is 0 Å². The summed E-state index contributed by atoms with van der Waals surface area (Å²) in [7, 11) is 4.32. The standard InChI is InChI=1S/C46H47N/c1-32(2)34(4)35-11-13-37(14-12-35)39-19-21-41(22-20-39)43-25-29-45(30-26-43)46(31-47(5)6)44-27-23-42(24-28-44)40-17-15-38(16-18-40)36-9-7-33(3)8-10-36/h7-30,32,34,46H,31H2,1-6H3. The van der Waals surface area contributed by atoms with Crippen LogP contribution in [-0.4, -0.2) is 25.5 Å². The number of hydrogen-bond donors (Lipinski definition) is 0. The monoisotopic (exact) mass is 613 g/mol. The molecule has 0 aliphatic carbocycles. The maximum absolute atomic E-state index is 2.31. The third kappa shape index (κ3) is 7.64. The lowest BCUT2D eigenvalue weighted by Crippen LogP contribution is -2.21. The fourth-order valence-corrected chi connectivity index (χ4v) is 6.40. The predicted octanol–water partition coefficient (Wildman–Crippen LogP) is 12.1. The van der Waals surface area contributed by atoms with Gasteiger partial charge in [0.1, 0.15) is 0 Å². The van der Waals surface area contributed by atoms with Gasteiger partial charge in [-0.1, -0.05) is 172 Å². The molecule has 0 aliphatic heterocycles. The van der Waals surface area contributed by atoms with Crippen LogP contribution in [0.25, 0.3) is 44.5 Å². The minimum absolute atomic E-state index is 0.292. The second-order valence-corrected chi connectivity index (χ2v) is 13.7. The van der Waals surface area contributed by atoms with Crippen molar-refractivity contribution in [1.29, 1.82) is 0 Å². The smallest absolute Gasteiger partial charge is 0.0217 e. The molecule has 2 unspecified atom stereocenters. The first-order valence-corrected chi connectivity index (χ1v) is 17.0. The molecule has 47 heavy (non-hydrogen) atoms. The van der Waals surface area contributed by atoms with E-state index in [1.165, 1.54) is 66.8 Å². The number of rotatable bonds is 10. The van der Waals surface area contributed by atoms with E-state index in [9.17, 15) is 0 Å². The van der Waals surface area contributed by atoms with Crippen molar-refractivity contribution in [3.05, 3.63) is 168 Å². The lowest BCUT2D eigenvalue weighted by Gasteiger charge is -2.23. The summed E-state index contributed by atoms with van der Waals surface area (Å²) in [5.41, 5.74) is 15.4. The summed E-state index contributed by atoms with van der Waals surface area (Å²) in [4.78, 5) is 2.28. The molecule has 2 atom stereocenters. The van der Waals surface area contributed by atoms with Gasteiger partial charge in [0.2, 0.25) is 0 Å². The Bertz CT molecular complexity index is 1860. The van der Waals surface area contributed by atoms with Crippen LogP contribution in [0.5, 0.6) is 0 Å². The Kier molecular flexibility index (Phi) is 9.85. The molecule has 0 heterocycles. The molecule has 6 aromatic rings. The van der Waals surface area contributed by atoms with E-state index < -0.39 is 0 Å². The number of hydrogen-bond acceptors (Lipinski definition) is 1. The minimum atomic E-state index is 0.292. The van der Waals surface area contributed by atoms with Crippen LogP contribution in [0.3, 0.4) is 0 Å². The average Bonchev–Trinajstić information content (AvgIpc) is 3.11. The molecule has 1 nitrogen and oxygen atoms in total. The summed E-state index contributed by atoms with van der Waals surface area (Å²) >= 11 is 0. The molecule has 6 rings (SSSR count). The van der Waals surface area contributed by atoms with Gasteiger partial charge in [-0.25, -0.2) is 0 Å². The Morgan fingerprint density at radius 3 is 0.915 bits per heavy atom. The van der Waals surface area contributed by atoms with E-state index in [2.05, 4.69) is 192 Å². The molecule has 0 fully saturated rings. The number of aryl methyl sites for hydroxylation is 1. The second-order valence-electron chi connectivity index (χ2n) is 13.7. The van der Waals surface area contributed by atoms with Crippen LogP contribution >= 0.6 is 0 Å². The SMILES string of the molecule is Cc1ccc(-c2ccc(-c3ccc(C(CN(C)C)c4ccc(-c5ccc(-c6ccc(C(C)C(C)C)cc6)cc5)cc4)cc3)cc2)cc1. The zero-order valence-electron chi connectivity index (χ0n) is 28.7. The van der Waals surface area contributed by atoms with Crippen molar-refractivity contribution in [1.82, 2.24) is 4.90 Å². The van der Waals surface area contributed by atoms with Crippen molar-refractivity contribution in [3.63, 3.8) is 0 Å². The Labute approximate surface area is 282 Å². The van der Waals surface area contributed by atoms with Gasteiger partial charge in [0, 0.05) is 12.5 Å². The van der Waals surface area contributed by atoms with Crippen molar-refractivity contribution in [2.24, 2.45) is 5.92 Å². The first-order valence-electron chi connectivity index (χ1n) is 17.0. The lowest BCUT2D eigenvalue weighted by atomic mass is 9.88. The average molecular weight is 614 g/mol.